The molecule has 6 heteroatoms. The molecule has 1 heterocycles. The summed E-state index contributed by atoms with van der Waals surface area (Å²) in [5.74, 6) is -0.332. The fraction of sp³-hybridized carbons (Fsp3) is 0.278. The minimum absolute atomic E-state index is 0.0171. The Bertz CT molecular complexity index is 728. The number of piperazine rings is 1. The van der Waals surface area contributed by atoms with Crippen LogP contribution in [-0.4, -0.2) is 37.0 Å². The van der Waals surface area contributed by atoms with Gasteiger partial charge in [-0.2, -0.15) is 0 Å². The number of hydrogen-bond acceptors (Lipinski definition) is 3. The van der Waals surface area contributed by atoms with Crippen molar-refractivity contribution in [2.45, 2.75) is 6.54 Å². The molecule has 0 spiro atoms. The second kappa shape index (κ2) is 7.20. The van der Waals surface area contributed by atoms with Gasteiger partial charge in [-0.05, 0) is 35.9 Å². The first-order valence-electron chi connectivity index (χ1n) is 7.87. The van der Waals surface area contributed by atoms with E-state index in [1.54, 1.807) is 6.07 Å². The summed E-state index contributed by atoms with van der Waals surface area (Å²) < 4.78 is 13.2. The third-order valence-corrected chi connectivity index (χ3v) is 4.56. The van der Waals surface area contributed by atoms with Crippen LogP contribution in [0.15, 0.2) is 42.5 Å². The predicted molar refractivity (Wildman–Crippen MR) is 93.9 cm³/mol. The molecule has 0 unspecified atom stereocenters. The third kappa shape index (κ3) is 3.52. The van der Waals surface area contributed by atoms with E-state index in [1.165, 1.54) is 12.1 Å². The lowest BCUT2D eigenvalue weighted by atomic mass is 10.1. The number of amides is 1. The average molecular weight is 348 g/mol. The van der Waals surface area contributed by atoms with Gasteiger partial charge < -0.3 is 15.5 Å². The fourth-order valence-electron chi connectivity index (χ4n) is 2.85. The van der Waals surface area contributed by atoms with E-state index in [0.29, 0.717) is 43.3 Å². The molecule has 1 aliphatic heterocycles. The summed E-state index contributed by atoms with van der Waals surface area (Å²) in [7, 11) is 0. The molecule has 24 heavy (non-hydrogen) atoms. The zero-order valence-corrected chi connectivity index (χ0v) is 14.0. The smallest absolute Gasteiger partial charge is 0.253 e. The molecule has 0 bridgehead atoms. The first-order chi connectivity index (χ1) is 11.6. The van der Waals surface area contributed by atoms with Gasteiger partial charge in [0.15, 0.2) is 0 Å². The Hall–Kier alpha value is -2.11. The highest BCUT2D eigenvalue weighted by Crippen LogP contribution is 2.27. The number of carbonyl (C=O) groups excluding carboxylic acids is 1. The van der Waals surface area contributed by atoms with Crippen molar-refractivity contribution in [3.63, 3.8) is 0 Å². The van der Waals surface area contributed by atoms with Gasteiger partial charge in [0.05, 0.1) is 10.7 Å². The molecule has 4 nitrogen and oxygen atoms in total. The summed E-state index contributed by atoms with van der Waals surface area (Å²) in [4.78, 5) is 16.5. The van der Waals surface area contributed by atoms with Crippen LogP contribution < -0.4 is 10.6 Å². The van der Waals surface area contributed by atoms with Crippen molar-refractivity contribution in [1.29, 1.82) is 0 Å². The number of benzene rings is 2. The van der Waals surface area contributed by atoms with Crippen LogP contribution >= 0.6 is 11.6 Å². The van der Waals surface area contributed by atoms with Crippen molar-refractivity contribution in [3.8, 4) is 0 Å². The van der Waals surface area contributed by atoms with Gasteiger partial charge in [0, 0.05) is 38.3 Å². The van der Waals surface area contributed by atoms with E-state index >= 15 is 0 Å². The van der Waals surface area contributed by atoms with Gasteiger partial charge in [-0.3, -0.25) is 4.79 Å². The molecular formula is C18H19ClFN3O. The van der Waals surface area contributed by atoms with Crippen LogP contribution in [0.25, 0.3) is 0 Å². The first-order valence-corrected chi connectivity index (χ1v) is 8.24. The third-order valence-electron chi connectivity index (χ3n) is 4.25. The minimum atomic E-state index is -0.349. The Balaban J connectivity index is 1.64. The lowest BCUT2D eigenvalue weighted by Gasteiger charge is -2.36. The molecule has 1 aliphatic rings. The maximum absolute atomic E-state index is 13.2. The van der Waals surface area contributed by atoms with Gasteiger partial charge in [0.1, 0.15) is 5.82 Å². The summed E-state index contributed by atoms with van der Waals surface area (Å²) in [6, 6.07) is 11.8. The highest BCUT2D eigenvalue weighted by Gasteiger charge is 2.23. The van der Waals surface area contributed by atoms with Crippen LogP contribution in [0.4, 0.5) is 10.1 Å². The van der Waals surface area contributed by atoms with Crippen LogP contribution in [0, 0.1) is 5.82 Å². The van der Waals surface area contributed by atoms with Gasteiger partial charge in [-0.25, -0.2) is 4.39 Å². The normalized spacial score (nSPS) is 14.8. The molecule has 1 fully saturated rings. The zero-order chi connectivity index (χ0) is 17.1. The van der Waals surface area contributed by atoms with Crippen molar-refractivity contribution in [1.82, 2.24) is 4.90 Å². The standard InChI is InChI=1S/C18H19ClFN3O/c19-16-11-15(20)5-6-17(16)22-7-9-23(10-8-22)18(24)14-3-1-13(12-21)2-4-14/h1-6,11H,7-10,12,21H2. The van der Waals surface area contributed by atoms with Crippen LogP contribution in [-0.2, 0) is 6.54 Å². The molecule has 126 valence electrons. The van der Waals surface area contributed by atoms with Gasteiger partial charge in [-0.15, -0.1) is 0 Å². The summed E-state index contributed by atoms with van der Waals surface area (Å²) >= 11 is 6.11. The molecule has 0 aromatic heterocycles. The molecule has 1 saturated heterocycles. The predicted octanol–water partition coefficient (Wildman–Crippen LogP) is 2.90. The maximum Gasteiger partial charge on any atom is 0.253 e. The highest BCUT2D eigenvalue weighted by atomic mass is 35.5. The summed E-state index contributed by atoms with van der Waals surface area (Å²) in [5, 5.41) is 0.396. The SMILES string of the molecule is NCc1ccc(C(=O)N2CCN(c3ccc(F)cc3Cl)CC2)cc1. The molecule has 2 aromatic carbocycles. The lowest BCUT2D eigenvalue weighted by molar-refractivity contribution is 0.0747. The molecule has 2 aromatic rings. The van der Waals surface area contributed by atoms with Crippen molar-refractivity contribution >= 4 is 23.2 Å². The highest BCUT2D eigenvalue weighted by molar-refractivity contribution is 6.33. The molecule has 3 rings (SSSR count). The largest absolute Gasteiger partial charge is 0.367 e. The Morgan fingerprint density at radius 3 is 2.33 bits per heavy atom. The van der Waals surface area contributed by atoms with Gasteiger partial charge in [0.25, 0.3) is 5.91 Å². The Labute approximate surface area is 145 Å². The van der Waals surface area contributed by atoms with Crippen LogP contribution in [0.5, 0.6) is 0 Å². The number of rotatable bonds is 3. The molecule has 2 N–H and O–H groups in total. The zero-order valence-electron chi connectivity index (χ0n) is 13.2. The van der Waals surface area contributed by atoms with Gasteiger partial charge >= 0.3 is 0 Å². The molecule has 0 radical (unpaired) electrons. The minimum Gasteiger partial charge on any atom is -0.367 e. The molecule has 0 saturated carbocycles. The van der Waals surface area contributed by atoms with Crippen LogP contribution in [0.1, 0.15) is 15.9 Å². The Kier molecular flexibility index (Phi) is 5.02. The maximum atomic E-state index is 13.2. The molecule has 0 atom stereocenters. The molecule has 0 aliphatic carbocycles. The number of carbonyl (C=O) groups is 1. The van der Waals surface area contributed by atoms with Gasteiger partial charge in [0.2, 0.25) is 0 Å². The van der Waals surface area contributed by atoms with Crippen molar-refractivity contribution < 1.29 is 9.18 Å². The molecular weight excluding hydrogens is 329 g/mol. The Morgan fingerprint density at radius 2 is 1.75 bits per heavy atom. The molecule has 1 amide bonds. The van der Waals surface area contributed by atoms with Crippen molar-refractivity contribution in [3.05, 3.63) is 64.4 Å². The van der Waals surface area contributed by atoms with E-state index in [1.807, 2.05) is 29.2 Å². The van der Waals surface area contributed by atoms with Crippen LogP contribution in [0.3, 0.4) is 0 Å². The summed E-state index contributed by atoms with van der Waals surface area (Å²) in [6.07, 6.45) is 0. The lowest BCUT2D eigenvalue weighted by Crippen LogP contribution is -2.48. The van der Waals surface area contributed by atoms with E-state index in [-0.39, 0.29) is 11.7 Å². The monoisotopic (exact) mass is 347 g/mol. The topological polar surface area (TPSA) is 49.6 Å². The van der Waals surface area contributed by atoms with E-state index in [0.717, 1.165) is 11.3 Å². The van der Waals surface area contributed by atoms with Crippen molar-refractivity contribution in [2.75, 3.05) is 31.1 Å². The van der Waals surface area contributed by atoms with Gasteiger partial charge in [-0.1, -0.05) is 23.7 Å². The van der Waals surface area contributed by atoms with E-state index in [4.69, 9.17) is 17.3 Å². The average Bonchev–Trinajstić information content (AvgIpc) is 2.61. The van der Waals surface area contributed by atoms with Crippen LogP contribution in [0.2, 0.25) is 5.02 Å². The van der Waals surface area contributed by atoms with E-state index < -0.39 is 0 Å². The number of anilines is 1. The quantitative estimate of drug-likeness (QED) is 0.928. The number of nitrogens with two attached hydrogens (primary N) is 1. The second-order valence-corrected chi connectivity index (χ2v) is 6.18. The number of halogens is 2. The second-order valence-electron chi connectivity index (χ2n) is 5.78. The van der Waals surface area contributed by atoms with Crippen molar-refractivity contribution in [2.24, 2.45) is 5.73 Å². The summed E-state index contributed by atoms with van der Waals surface area (Å²) in [5.41, 5.74) is 8.05. The van der Waals surface area contributed by atoms with E-state index in [2.05, 4.69) is 4.90 Å². The number of hydrogen-bond donors (Lipinski definition) is 1. The summed E-state index contributed by atoms with van der Waals surface area (Å²) in [6.45, 7) is 3.00. The Morgan fingerprint density at radius 1 is 1.08 bits per heavy atom. The first kappa shape index (κ1) is 16.7. The fourth-order valence-corrected chi connectivity index (χ4v) is 3.14. The van der Waals surface area contributed by atoms with E-state index in [9.17, 15) is 9.18 Å². The number of nitrogens with zero attached hydrogens (tertiary/aromatic N) is 2.